The Balaban J connectivity index is 0.000000117. The van der Waals surface area contributed by atoms with Gasteiger partial charge in [0.05, 0.1) is 78.1 Å². The minimum absolute atomic E-state index is 0. The summed E-state index contributed by atoms with van der Waals surface area (Å²) in [5, 5.41) is 35.2. The number of hydrogen-bond donors (Lipinski definition) is 6. The molecule has 21 rings (SSSR count). The number of hydrogen-bond acceptors (Lipinski definition) is 27. The summed E-state index contributed by atoms with van der Waals surface area (Å²) >= 11 is 0. The number of phenols is 1. The fourth-order valence-electron chi connectivity index (χ4n) is 19.4. The van der Waals surface area contributed by atoms with Crippen LogP contribution in [0, 0.1) is 18.7 Å². The van der Waals surface area contributed by atoms with Crippen molar-refractivity contribution in [3.8, 4) is 5.75 Å². The summed E-state index contributed by atoms with van der Waals surface area (Å²) in [5.74, 6) is 10.0. The van der Waals surface area contributed by atoms with Crippen molar-refractivity contribution in [2.45, 2.75) is 210 Å². The number of piperidine rings is 4. The monoisotopic (exact) mass is 1770 g/mol. The van der Waals surface area contributed by atoms with Gasteiger partial charge in [0.25, 0.3) is 0 Å². The highest BCUT2D eigenvalue weighted by molar-refractivity contribution is 7.86. The third-order valence-electron chi connectivity index (χ3n) is 26.5. The number of halogens is 1. The minimum Gasteiger partial charge on any atom is -0.508 e. The predicted octanol–water partition coefficient (Wildman–Crippen LogP) is 12.2. The molecule has 32 heteroatoms. The number of nitrogens with one attached hydrogen (secondary N) is 4. The van der Waals surface area contributed by atoms with Gasteiger partial charge in [0, 0.05) is 195 Å². The van der Waals surface area contributed by atoms with Crippen LogP contribution in [-0.4, -0.2) is 225 Å². The number of aliphatic imine (C=N–C) groups is 1. The molecular weight excluding hydrogens is 1650 g/mol. The van der Waals surface area contributed by atoms with Crippen molar-refractivity contribution in [1.82, 2.24) is 39.9 Å². The van der Waals surface area contributed by atoms with Gasteiger partial charge in [-0.05, 0) is 174 Å². The summed E-state index contributed by atoms with van der Waals surface area (Å²) in [5.41, 5.74) is 10.7. The van der Waals surface area contributed by atoms with E-state index in [-0.39, 0.29) is 19.3 Å². The fourth-order valence-corrected chi connectivity index (χ4v) is 24.7. The van der Waals surface area contributed by atoms with Crippen molar-refractivity contribution in [2.24, 2.45) is 10.9 Å². The van der Waals surface area contributed by atoms with Gasteiger partial charge in [-0.1, -0.05) is 80.2 Å². The quantitative estimate of drug-likeness (QED) is 0.0523. The Kier molecular flexibility index (Phi) is 28.3. The van der Waals surface area contributed by atoms with Crippen molar-refractivity contribution >= 4 is 96.0 Å². The number of aromatic hydroxyl groups is 1. The zero-order valence-electron chi connectivity index (χ0n) is 70.3. The van der Waals surface area contributed by atoms with E-state index in [9.17, 15) is 31.4 Å². The van der Waals surface area contributed by atoms with Gasteiger partial charge in [0.2, 0.25) is 23.8 Å². The number of aryl methyl sites for hydroxylation is 5. The van der Waals surface area contributed by atoms with Crippen LogP contribution >= 0.6 is 0 Å². The predicted molar refractivity (Wildman–Crippen MR) is 486 cm³/mol. The van der Waals surface area contributed by atoms with E-state index in [1.807, 2.05) is 25.1 Å². The van der Waals surface area contributed by atoms with Crippen molar-refractivity contribution in [3.63, 3.8) is 0 Å². The van der Waals surface area contributed by atoms with Crippen molar-refractivity contribution in [1.29, 1.82) is 0 Å². The Labute approximate surface area is 736 Å². The first-order chi connectivity index (χ1) is 60.1. The molecule has 0 radical (unpaired) electrons. The van der Waals surface area contributed by atoms with E-state index in [1.165, 1.54) is 40.1 Å². The van der Waals surface area contributed by atoms with E-state index >= 15 is 0 Å². The van der Waals surface area contributed by atoms with Crippen LogP contribution in [0.1, 0.15) is 178 Å². The second-order valence-corrected chi connectivity index (χ2v) is 40.6. The van der Waals surface area contributed by atoms with Crippen LogP contribution in [-0.2, 0) is 100.0 Å². The molecule has 13 aliphatic heterocycles. The van der Waals surface area contributed by atoms with Gasteiger partial charge in [-0.15, -0.1) is 0 Å². The van der Waals surface area contributed by atoms with Crippen LogP contribution in [0.25, 0.3) is 0 Å². The van der Waals surface area contributed by atoms with E-state index in [2.05, 4.69) is 102 Å². The average Bonchev–Trinajstić information content (AvgIpc) is 1.79. The molecule has 0 bridgehead atoms. The van der Waals surface area contributed by atoms with E-state index in [0.29, 0.717) is 128 Å². The number of nitrogens with zero attached hydrogens (tertiary/aromatic N) is 13. The van der Waals surface area contributed by atoms with Gasteiger partial charge in [-0.25, -0.2) is 24.3 Å². The normalized spacial score (nSPS) is 23.0. The van der Waals surface area contributed by atoms with Crippen LogP contribution in [0.15, 0.2) is 122 Å². The third-order valence-corrected chi connectivity index (χ3v) is 32.3. The molecule has 0 amide bonds. The number of aliphatic hydroxyl groups is 1. The summed E-state index contributed by atoms with van der Waals surface area (Å²) in [6.45, 7) is 15.3. The van der Waals surface area contributed by atoms with Crippen LogP contribution in [0.2, 0.25) is 0 Å². The van der Waals surface area contributed by atoms with E-state index in [4.69, 9.17) is 63.8 Å². The minimum atomic E-state index is -1.08. The van der Waals surface area contributed by atoms with Crippen LogP contribution in [0.3, 0.4) is 0 Å². The molecule has 13 aliphatic rings. The molecule has 124 heavy (non-hydrogen) atoms. The number of aromatic nitrogens is 8. The molecule has 4 unspecified atom stereocenters. The van der Waals surface area contributed by atoms with Gasteiger partial charge >= 0.3 is 0 Å². The van der Waals surface area contributed by atoms with E-state index in [1.54, 1.807) is 6.07 Å². The molecule has 0 saturated carbocycles. The number of fused-ring (bicyclic) bond motifs is 5. The Morgan fingerprint density at radius 2 is 0.766 bits per heavy atom. The summed E-state index contributed by atoms with van der Waals surface area (Å²) in [4.78, 5) is 55.7. The fraction of sp³-hybridized carbons (Fsp3) is 0.554. The highest BCUT2D eigenvalue weighted by Crippen LogP contribution is 2.42. The van der Waals surface area contributed by atoms with Gasteiger partial charge in [-0.3, -0.25) is 21.8 Å². The highest BCUT2D eigenvalue weighted by atomic mass is 32.2. The molecule has 662 valence electrons. The zero-order chi connectivity index (χ0) is 83.9. The molecule has 8 saturated heterocycles. The Bertz CT molecular complexity index is 5180. The molecule has 4 aromatic heterocycles. The standard InChI is InChI=1S/C24H29N5O2S.C23H29FN4O3S.C22H28N4O3S.C22H28N4O2S.CH4/c30-32-14-9-20-22(32)23(26-18-7-12-31-13-8-18)28-24(27-20)29-10-5-16(6-11-29)21-19-4-2-1-3-17(19)15-25-21;1-15-12-16(14-17(24)13-15)23(29)5-7-28(8-6-23)22-26-19-4-11-32(30)20(19)21(27-22)25-18-2-9-31-10-3-18;27-18-3-1-2-16(14-18)15-4-9-26(10-5-15)22-24-19-8-13-30(28)20(19)21(25-22)23-17-6-11-29-12-7-17;27-29-15-10-19-20(29)21(23-18-8-13-28-14-9-18)25-22(24-19)26-11-6-17(7-12-26)16-4-2-1-3-5-16;/h1-4,16,18H,5-15H2,(H,26,27,28);12-14,18,29H,2-11H2,1H3,(H,25,26,27);1-3,14-15,17,27H,4-13H2,(H,23,24,25);1-5,17-18H,6-15H2,(H,23,24,25);1H4. The SMILES string of the molecule is C.Cc1cc(F)cc(C2(O)CCN(c3nc4c(c(NC5CCOCC5)n3)S(=O)CC4)CC2)c1.O=S1CCc2nc(N3CCC(C4=NCc5ccccc54)CC3)nc(NC3CCOCC3)c21.O=S1CCc2nc(N3CCC(c4cccc(O)c4)CC3)nc(NC3CCOCC3)c21.O=S1CCc2nc(N3CCC(c4ccccc4)CC3)nc(NC3CCOCC3)c21. The van der Waals surface area contributed by atoms with E-state index < -0.39 is 48.8 Å². The topological polar surface area (TPSA) is 322 Å². The first-order valence-electron chi connectivity index (χ1n) is 44.6. The van der Waals surface area contributed by atoms with Gasteiger partial charge in [-0.2, -0.15) is 19.9 Å². The van der Waals surface area contributed by atoms with E-state index in [0.717, 1.165) is 278 Å². The molecule has 6 N–H and O–H groups in total. The van der Waals surface area contributed by atoms with Crippen LogP contribution in [0.4, 0.5) is 51.5 Å². The highest BCUT2D eigenvalue weighted by Gasteiger charge is 2.40. The number of anilines is 8. The van der Waals surface area contributed by atoms with Crippen molar-refractivity contribution in [2.75, 3.05) is 169 Å². The molecule has 17 heterocycles. The summed E-state index contributed by atoms with van der Waals surface area (Å²) < 4.78 is 86.2. The lowest BCUT2D eigenvalue weighted by Crippen LogP contribution is -2.43. The van der Waals surface area contributed by atoms with Gasteiger partial charge < -0.3 is 70.0 Å². The molecule has 0 spiro atoms. The molecule has 8 aromatic rings. The van der Waals surface area contributed by atoms with Crippen molar-refractivity contribution in [3.05, 3.63) is 159 Å². The lowest BCUT2D eigenvalue weighted by atomic mass is 9.84. The van der Waals surface area contributed by atoms with Gasteiger partial charge in [0.15, 0.2) is 0 Å². The summed E-state index contributed by atoms with van der Waals surface area (Å²) in [6.07, 6.45) is 17.7. The number of ether oxygens (including phenoxy) is 4. The maximum Gasteiger partial charge on any atom is 0.227 e. The second kappa shape index (κ2) is 40.2. The van der Waals surface area contributed by atoms with Gasteiger partial charge in [0.1, 0.15) is 54.4 Å². The lowest BCUT2D eigenvalue weighted by Gasteiger charge is -2.39. The summed E-state index contributed by atoms with van der Waals surface area (Å²) in [7, 11) is -4.11. The number of benzene rings is 4. The zero-order valence-corrected chi connectivity index (χ0v) is 73.5. The van der Waals surface area contributed by atoms with Crippen molar-refractivity contribution < 1.29 is 50.4 Å². The Morgan fingerprint density at radius 1 is 0.411 bits per heavy atom. The van der Waals surface area contributed by atoms with Crippen LogP contribution in [0.5, 0.6) is 5.75 Å². The molecule has 8 fully saturated rings. The first kappa shape index (κ1) is 87.5. The Morgan fingerprint density at radius 3 is 1.15 bits per heavy atom. The molecule has 4 aromatic carbocycles. The largest absolute Gasteiger partial charge is 0.508 e. The lowest BCUT2D eigenvalue weighted by molar-refractivity contribution is 0.0112. The maximum atomic E-state index is 13.9. The number of rotatable bonds is 16. The summed E-state index contributed by atoms with van der Waals surface area (Å²) in [6, 6.07) is 33.0. The van der Waals surface area contributed by atoms with Crippen LogP contribution < -0.4 is 40.9 Å². The Hall–Kier alpha value is -8.60. The molecular formula is C92H118FN17O10S4. The second-order valence-electron chi connectivity index (χ2n) is 34.6. The average molecular weight is 1770 g/mol. The molecule has 4 atom stereocenters. The first-order valence-corrected chi connectivity index (χ1v) is 49.9. The molecule has 27 nitrogen and oxygen atoms in total. The third kappa shape index (κ3) is 20.3. The number of phenolic OH excluding ortho intramolecular Hbond substituents is 1. The molecule has 0 aliphatic carbocycles. The smallest absolute Gasteiger partial charge is 0.227 e. The maximum absolute atomic E-state index is 13.9.